The van der Waals surface area contributed by atoms with Gasteiger partial charge in [0.05, 0.1) is 4.90 Å². The number of nitrogens with one attached hydrogen (secondary N) is 1. The summed E-state index contributed by atoms with van der Waals surface area (Å²) in [7, 11) is -3.56. The van der Waals surface area contributed by atoms with Crippen LogP contribution >= 0.6 is 0 Å². The van der Waals surface area contributed by atoms with Crippen molar-refractivity contribution in [3.63, 3.8) is 0 Å². The molecule has 1 fully saturated rings. The molecule has 0 atom stereocenters. The smallest absolute Gasteiger partial charge is 0.260 e. The summed E-state index contributed by atoms with van der Waals surface area (Å²) in [6.45, 7) is 7.02. The monoisotopic (exact) mass is 430 g/mol. The lowest BCUT2D eigenvalue weighted by atomic mass is 10.1. The zero-order valence-corrected chi connectivity index (χ0v) is 18.7. The van der Waals surface area contributed by atoms with Gasteiger partial charge in [0, 0.05) is 19.1 Å². The van der Waals surface area contributed by atoms with Crippen molar-refractivity contribution in [1.29, 1.82) is 0 Å². The van der Waals surface area contributed by atoms with Crippen molar-refractivity contribution in [2.24, 2.45) is 0 Å². The predicted molar refractivity (Wildman–Crippen MR) is 117 cm³/mol. The largest absolute Gasteiger partial charge is 0.484 e. The molecule has 0 radical (unpaired) electrons. The van der Waals surface area contributed by atoms with Gasteiger partial charge in [0.25, 0.3) is 5.91 Å². The van der Waals surface area contributed by atoms with Gasteiger partial charge in [-0.15, -0.1) is 0 Å². The van der Waals surface area contributed by atoms with Gasteiger partial charge in [0.1, 0.15) is 5.75 Å². The fourth-order valence-electron chi connectivity index (χ4n) is 3.63. The van der Waals surface area contributed by atoms with E-state index < -0.39 is 10.0 Å². The zero-order valence-electron chi connectivity index (χ0n) is 17.8. The molecule has 0 aromatic heterocycles. The Kier molecular flexibility index (Phi) is 7.15. The Bertz CT molecular complexity index is 979. The molecular weight excluding hydrogens is 400 g/mol. The number of carbonyl (C=O) groups excluding carboxylic acids is 1. The fraction of sp³-hybridized carbons (Fsp3) is 0.435. The normalized spacial score (nSPS) is 15.2. The average Bonchev–Trinajstić information content (AvgIpc) is 2.73. The molecule has 0 saturated carbocycles. The Hall–Kier alpha value is -2.38. The molecule has 1 saturated heterocycles. The van der Waals surface area contributed by atoms with Gasteiger partial charge in [-0.1, -0.05) is 36.8 Å². The van der Waals surface area contributed by atoms with E-state index in [1.54, 1.807) is 17.0 Å². The lowest BCUT2D eigenvalue weighted by Crippen LogP contribution is -2.47. The van der Waals surface area contributed by atoms with Gasteiger partial charge >= 0.3 is 0 Å². The number of aryl methyl sites for hydroxylation is 3. The average molecular weight is 431 g/mol. The van der Waals surface area contributed by atoms with Gasteiger partial charge < -0.3 is 9.64 Å². The maximum Gasteiger partial charge on any atom is 0.260 e. The Morgan fingerprint density at radius 2 is 1.77 bits per heavy atom. The van der Waals surface area contributed by atoms with Crippen LogP contribution in [0.25, 0.3) is 0 Å². The van der Waals surface area contributed by atoms with E-state index in [0.29, 0.717) is 31.7 Å². The molecule has 0 aliphatic carbocycles. The van der Waals surface area contributed by atoms with Crippen molar-refractivity contribution >= 4 is 15.9 Å². The maximum absolute atomic E-state index is 12.6. The molecule has 2 aromatic rings. The van der Waals surface area contributed by atoms with E-state index in [2.05, 4.69) is 4.72 Å². The van der Waals surface area contributed by atoms with Crippen molar-refractivity contribution in [3.8, 4) is 5.75 Å². The number of nitrogens with zero attached hydrogens (tertiary/aromatic N) is 1. The molecular formula is C23H30N2O4S. The van der Waals surface area contributed by atoms with Gasteiger partial charge in [0.15, 0.2) is 6.61 Å². The Balaban J connectivity index is 1.49. The lowest BCUT2D eigenvalue weighted by molar-refractivity contribution is -0.134. The first-order chi connectivity index (χ1) is 14.3. The van der Waals surface area contributed by atoms with Gasteiger partial charge in [-0.25, -0.2) is 13.1 Å². The Morgan fingerprint density at radius 3 is 2.37 bits per heavy atom. The topological polar surface area (TPSA) is 75.7 Å². The molecule has 1 N–H and O–H groups in total. The number of carbonyl (C=O) groups is 1. The molecule has 1 aliphatic rings. The van der Waals surface area contributed by atoms with Crippen LogP contribution in [-0.2, 0) is 21.2 Å². The molecule has 30 heavy (non-hydrogen) atoms. The third kappa shape index (κ3) is 5.61. The summed E-state index contributed by atoms with van der Waals surface area (Å²) < 4.78 is 33.7. The Morgan fingerprint density at radius 1 is 1.10 bits per heavy atom. The summed E-state index contributed by atoms with van der Waals surface area (Å²) >= 11 is 0. The van der Waals surface area contributed by atoms with Crippen molar-refractivity contribution < 1.29 is 17.9 Å². The van der Waals surface area contributed by atoms with Crippen molar-refractivity contribution in [2.45, 2.75) is 51.0 Å². The van der Waals surface area contributed by atoms with Crippen LogP contribution in [0.5, 0.6) is 5.75 Å². The summed E-state index contributed by atoms with van der Waals surface area (Å²) in [6.07, 6.45) is 2.04. The highest BCUT2D eigenvalue weighted by atomic mass is 32.2. The first-order valence-electron chi connectivity index (χ1n) is 10.4. The number of amides is 1. The number of piperidine rings is 1. The van der Waals surface area contributed by atoms with Crippen LogP contribution in [0.1, 0.15) is 36.5 Å². The van der Waals surface area contributed by atoms with Crippen LogP contribution in [0.15, 0.2) is 47.4 Å². The first-order valence-corrected chi connectivity index (χ1v) is 11.9. The predicted octanol–water partition coefficient (Wildman–Crippen LogP) is 3.21. The lowest BCUT2D eigenvalue weighted by Gasteiger charge is -2.32. The van der Waals surface area contributed by atoms with Crippen molar-refractivity contribution in [2.75, 3.05) is 19.7 Å². The van der Waals surface area contributed by atoms with E-state index in [4.69, 9.17) is 4.74 Å². The molecule has 6 nitrogen and oxygen atoms in total. The second-order valence-corrected chi connectivity index (χ2v) is 9.55. The number of benzene rings is 2. The Labute approximate surface area is 179 Å². The minimum Gasteiger partial charge on any atom is -0.484 e. The number of hydrogen-bond donors (Lipinski definition) is 1. The molecule has 3 rings (SSSR count). The molecule has 1 amide bonds. The van der Waals surface area contributed by atoms with Crippen LogP contribution < -0.4 is 9.46 Å². The summed E-state index contributed by atoms with van der Waals surface area (Å²) in [4.78, 5) is 14.5. The molecule has 1 aliphatic heterocycles. The van der Waals surface area contributed by atoms with E-state index in [0.717, 1.165) is 23.1 Å². The highest BCUT2D eigenvalue weighted by molar-refractivity contribution is 7.89. The summed E-state index contributed by atoms with van der Waals surface area (Å²) in [6, 6.07) is 12.6. The maximum atomic E-state index is 12.6. The second-order valence-electron chi connectivity index (χ2n) is 7.83. The van der Waals surface area contributed by atoms with Gasteiger partial charge in [-0.3, -0.25) is 4.79 Å². The van der Waals surface area contributed by atoms with E-state index in [9.17, 15) is 13.2 Å². The third-order valence-corrected chi connectivity index (χ3v) is 7.03. The minimum absolute atomic E-state index is 0.00985. The van der Waals surface area contributed by atoms with E-state index in [-0.39, 0.29) is 23.5 Å². The van der Waals surface area contributed by atoms with Gasteiger partial charge in [-0.05, 0) is 62.4 Å². The van der Waals surface area contributed by atoms with Gasteiger partial charge in [-0.2, -0.15) is 0 Å². The summed E-state index contributed by atoms with van der Waals surface area (Å²) in [5.41, 5.74) is 3.25. The number of likely N-dealkylation sites (tertiary alicyclic amines) is 1. The standard InChI is InChI=1S/C23H30N2O4S/c1-4-19-6-8-21(9-7-19)30(27,28)24-20-11-13-25(14-12-20)23(26)16-29-22-10-5-17(2)15-18(22)3/h5-10,15,20,24H,4,11-14,16H2,1-3H3. The van der Waals surface area contributed by atoms with Crippen LogP contribution in [0, 0.1) is 13.8 Å². The van der Waals surface area contributed by atoms with Gasteiger partial charge in [0.2, 0.25) is 10.0 Å². The van der Waals surface area contributed by atoms with Crippen LogP contribution in [0.2, 0.25) is 0 Å². The number of hydrogen-bond acceptors (Lipinski definition) is 4. The summed E-state index contributed by atoms with van der Waals surface area (Å²) in [5.74, 6) is 0.636. The molecule has 0 bridgehead atoms. The summed E-state index contributed by atoms with van der Waals surface area (Å²) in [5, 5.41) is 0. The molecule has 2 aromatic carbocycles. The first kappa shape index (κ1) is 22.3. The van der Waals surface area contributed by atoms with Crippen molar-refractivity contribution in [1.82, 2.24) is 9.62 Å². The molecule has 0 spiro atoms. The number of ether oxygens (including phenoxy) is 1. The van der Waals surface area contributed by atoms with E-state index in [1.165, 1.54) is 0 Å². The third-order valence-electron chi connectivity index (χ3n) is 5.49. The molecule has 162 valence electrons. The molecule has 0 unspecified atom stereocenters. The SMILES string of the molecule is CCc1ccc(S(=O)(=O)NC2CCN(C(=O)COc3ccc(C)cc3C)CC2)cc1. The number of rotatable bonds is 7. The highest BCUT2D eigenvalue weighted by Gasteiger charge is 2.27. The number of sulfonamides is 1. The van der Waals surface area contributed by atoms with Crippen LogP contribution in [0.3, 0.4) is 0 Å². The zero-order chi connectivity index (χ0) is 21.7. The van der Waals surface area contributed by atoms with E-state index >= 15 is 0 Å². The van der Waals surface area contributed by atoms with Crippen LogP contribution in [0.4, 0.5) is 0 Å². The minimum atomic E-state index is -3.56. The molecule has 7 heteroatoms. The van der Waals surface area contributed by atoms with E-state index in [1.807, 2.05) is 51.1 Å². The highest BCUT2D eigenvalue weighted by Crippen LogP contribution is 2.20. The molecule has 1 heterocycles. The fourth-order valence-corrected chi connectivity index (χ4v) is 4.94. The van der Waals surface area contributed by atoms with Crippen molar-refractivity contribution in [3.05, 3.63) is 59.2 Å². The van der Waals surface area contributed by atoms with Crippen LogP contribution in [-0.4, -0.2) is 45.0 Å². The second kappa shape index (κ2) is 9.62. The quantitative estimate of drug-likeness (QED) is 0.732.